The Morgan fingerprint density at radius 2 is 2.04 bits per heavy atom. The summed E-state index contributed by atoms with van der Waals surface area (Å²) in [6.45, 7) is 6.24. The molecule has 0 spiro atoms. The minimum absolute atomic E-state index is 0.383. The van der Waals surface area contributed by atoms with Gasteiger partial charge in [0, 0.05) is 17.5 Å². The molecule has 1 saturated carbocycles. The third kappa shape index (κ3) is 5.08. The number of ether oxygens (including phenoxy) is 1. The zero-order valence-electron chi connectivity index (χ0n) is 15.6. The number of rotatable bonds is 7. The van der Waals surface area contributed by atoms with Gasteiger partial charge in [0.25, 0.3) is 5.91 Å². The van der Waals surface area contributed by atoms with E-state index in [9.17, 15) is 4.79 Å². The van der Waals surface area contributed by atoms with Gasteiger partial charge in [-0.05, 0) is 60.9 Å². The minimum atomic E-state index is -0.383. The predicted octanol–water partition coefficient (Wildman–Crippen LogP) is 4.45. The van der Waals surface area contributed by atoms with Gasteiger partial charge in [-0.2, -0.15) is 0 Å². The molecule has 1 fully saturated rings. The first kappa shape index (κ1) is 18.9. The van der Waals surface area contributed by atoms with E-state index in [2.05, 4.69) is 19.2 Å². The Labute approximate surface area is 159 Å². The molecule has 1 heterocycles. The molecule has 4 nitrogen and oxygen atoms in total. The zero-order chi connectivity index (χ0) is 18.6. The Kier molecular flexibility index (Phi) is 5.99. The lowest BCUT2D eigenvalue weighted by molar-refractivity contribution is 0.100. The lowest BCUT2D eigenvalue weighted by Crippen LogP contribution is -2.37. The van der Waals surface area contributed by atoms with Crippen LogP contribution in [0, 0.1) is 5.41 Å². The fourth-order valence-electron chi connectivity index (χ4n) is 3.40. The third-order valence-corrected chi connectivity index (χ3v) is 6.26. The van der Waals surface area contributed by atoms with Crippen LogP contribution in [0.4, 0.5) is 0 Å². The number of carbonyl (C=O) groups is 1. The Hall–Kier alpha value is -1.85. The van der Waals surface area contributed by atoms with Gasteiger partial charge >= 0.3 is 0 Å². The van der Waals surface area contributed by atoms with Crippen LogP contribution in [-0.2, 0) is 0 Å². The average molecular weight is 373 g/mol. The molecule has 140 valence electrons. The van der Waals surface area contributed by atoms with Crippen molar-refractivity contribution in [3.63, 3.8) is 0 Å². The summed E-state index contributed by atoms with van der Waals surface area (Å²) in [6, 6.07) is 12.3. The topological polar surface area (TPSA) is 64.3 Å². The summed E-state index contributed by atoms with van der Waals surface area (Å²) in [5, 5.41) is 3.62. The number of nitrogens with two attached hydrogens (primary N) is 1. The van der Waals surface area contributed by atoms with E-state index in [0.29, 0.717) is 22.9 Å². The first-order chi connectivity index (χ1) is 12.4. The van der Waals surface area contributed by atoms with Crippen LogP contribution in [0.2, 0.25) is 0 Å². The molecule has 5 heteroatoms. The number of amides is 1. The average Bonchev–Trinajstić information content (AvgIpc) is 3.11. The molecule has 0 bridgehead atoms. The second-order valence-electron chi connectivity index (χ2n) is 7.80. The number of hydrogen-bond acceptors (Lipinski definition) is 4. The van der Waals surface area contributed by atoms with Crippen LogP contribution in [0.15, 0.2) is 36.4 Å². The maximum Gasteiger partial charge on any atom is 0.258 e. The molecule has 0 radical (unpaired) electrons. The maximum atomic E-state index is 11.3. The molecule has 2 aromatic rings. The highest BCUT2D eigenvalue weighted by atomic mass is 32.1. The van der Waals surface area contributed by atoms with Gasteiger partial charge in [0.15, 0.2) is 0 Å². The molecule has 1 aliphatic rings. The SMILES string of the molecule is CC1(C)CCC(NCCOc2cccc(-c3ccc(C(N)=O)s3)c2)CC1. The van der Waals surface area contributed by atoms with Crippen LogP contribution < -0.4 is 15.8 Å². The lowest BCUT2D eigenvalue weighted by atomic mass is 9.75. The summed E-state index contributed by atoms with van der Waals surface area (Å²) >= 11 is 1.41. The van der Waals surface area contributed by atoms with E-state index in [4.69, 9.17) is 10.5 Å². The molecule has 0 unspecified atom stereocenters. The van der Waals surface area contributed by atoms with E-state index in [-0.39, 0.29) is 5.91 Å². The number of hydrogen-bond donors (Lipinski definition) is 2. The van der Waals surface area contributed by atoms with Crippen molar-refractivity contribution < 1.29 is 9.53 Å². The van der Waals surface area contributed by atoms with Gasteiger partial charge in [0.05, 0.1) is 4.88 Å². The van der Waals surface area contributed by atoms with Gasteiger partial charge < -0.3 is 15.8 Å². The van der Waals surface area contributed by atoms with Crippen LogP contribution in [0.5, 0.6) is 5.75 Å². The predicted molar refractivity (Wildman–Crippen MR) is 108 cm³/mol. The van der Waals surface area contributed by atoms with Crippen molar-refractivity contribution >= 4 is 17.2 Å². The van der Waals surface area contributed by atoms with E-state index in [1.165, 1.54) is 37.0 Å². The Bertz CT molecular complexity index is 744. The van der Waals surface area contributed by atoms with Crippen LogP contribution in [-0.4, -0.2) is 25.1 Å². The summed E-state index contributed by atoms with van der Waals surface area (Å²) in [5.74, 6) is 0.467. The maximum absolute atomic E-state index is 11.3. The summed E-state index contributed by atoms with van der Waals surface area (Å²) in [4.78, 5) is 12.8. The molecular weight excluding hydrogens is 344 g/mol. The van der Waals surface area contributed by atoms with Crippen LogP contribution >= 0.6 is 11.3 Å². The first-order valence-electron chi connectivity index (χ1n) is 9.29. The summed E-state index contributed by atoms with van der Waals surface area (Å²) in [7, 11) is 0. The van der Waals surface area contributed by atoms with E-state index in [1.807, 2.05) is 30.3 Å². The van der Waals surface area contributed by atoms with Crippen molar-refractivity contribution in [3.8, 4) is 16.2 Å². The Morgan fingerprint density at radius 1 is 1.27 bits per heavy atom. The molecule has 0 atom stereocenters. The fraction of sp³-hybridized carbons (Fsp3) is 0.476. The quantitative estimate of drug-likeness (QED) is 0.706. The van der Waals surface area contributed by atoms with Crippen LogP contribution in [0.1, 0.15) is 49.2 Å². The standard InChI is InChI=1S/C21H28N2O2S/c1-21(2)10-8-16(9-11-21)23-12-13-25-17-5-3-4-15(14-17)18-6-7-19(26-18)20(22)24/h3-7,14,16,23H,8-13H2,1-2H3,(H2,22,24). The van der Waals surface area contributed by atoms with E-state index in [1.54, 1.807) is 6.07 Å². The third-order valence-electron chi connectivity index (χ3n) is 5.11. The highest BCUT2D eigenvalue weighted by molar-refractivity contribution is 7.17. The van der Waals surface area contributed by atoms with Crippen LogP contribution in [0.3, 0.4) is 0 Å². The summed E-state index contributed by atoms with van der Waals surface area (Å²) in [5.41, 5.74) is 6.88. The molecule has 3 N–H and O–H groups in total. The minimum Gasteiger partial charge on any atom is -0.492 e. The number of nitrogens with one attached hydrogen (secondary N) is 1. The van der Waals surface area contributed by atoms with E-state index in [0.717, 1.165) is 22.7 Å². The van der Waals surface area contributed by atoms with Crippen molar-refractivity contribution in [2.45, 2.75) is 45.6 Å². The smallest absolute Gasteiger partial charge is 0.258 e. The van der Waals surface area contributed by atoms with Gasteiger partial charge in [-0.15, -0.1) is 11.3 Å². The largest absolute Gasteiger partial charge is 0.492 e. The molecule has 1 aliphatic carbocycles. The van der Waals surface area contributed by atoms with Crippen molar-refractivity contribution in [2.75, 3.05) is 13.2 Å². The van der Waals surface area contributed by atoms with E-state index < -0.39 is 0 Å². The highest BCUT2D eigenvalue weighted by Gasteiger charge is 2.26. The Balaban J connectivity index is 1.47. The van der Waals surface area contributed by atoms with Crippen molar-refractivity contribution in [3.05, 3.63) is 41.3 Å². The van der Waals surface area contributed by atoms with Gasteiger partial charge in [-0.25, -0.2) is 0 Å². The normalized spacial score (nSPS) is 17.2. The van der Waals surface area contributed by atoms with Gasteiger partial charge in [-0.3, -0.25) is 4.79 Å². The van der Waals surface area contributed by atoms with Crippen LogP contribution in [0.25, 0.3) is 10.4 Å². The van der Waals surface area contributed by atoms with Crippen molar-refractivity contribution in [1.29, 1.82) is 0 Å². The molecule has 0 aliphatic heterocycles. The molecule has 26 heavy (non-hydrogen) atoms. The second kappa shape index (κ2) is 8.23. The lowest BCUT2D eigenvalue weighted by Gasteiger charge is -2.34. The van der Waals surface area contributed by atoms with Crippen molar-refractivity contribution in [2.24, 2.45) is 11.1 Å². The fourth-order valence-corrected chi connectivity index (χ4v) is 4.25. The Morgan fingerprint density at radius 3 is 2.73 bits per heavy atom. The van der Waals surface area contributed by atoms with Gasteiger partial charge in [-0.1, -0.05) is 26.0 Å². The molecule has 1 amide bonds. The second-order valence-corrected chi connectivity index (χ2v) is 8.88. The number of thiophene rings is 1. The van der Waals surface area contributed by atoms with Gasteiger partial charge in [0.1, 0.15) is 12.4 Å². The van der Waals surface area contributed by atoms with Gasteiger partial charge in [0.2, 0.25) is 0 Å². The number of benzene rings is 1. The van der Waals surface area contributed by atoms with E-state index >= 15 is 0 Å². The first-order valence-corrected chi connectivity index (χ1v) is 10.1. The van der Waals surface area contributed by atoms with Crippen molar-refractivity contribution in [1.82, 2.24) is 5.32 Å². The number of primary amides is 1. The number of carbonyl (C=O) groups excluding carboxylic acids is 1. The molecule has 0 saturated heterocycles. The zero-order valence-corrected chi connectivity index (χ0v) is 16.4. The summed E-state index contributed by atoms with van der Waals surface area (Å²) < 4.78 is 5.90. The molecule has 1 aromatic heterocycles. The molecular formula is C21H28N2O2S. The summed E-state index contributed by atoms with van der Waals surface area (Å²) in [6.07, 6.45) is 5.09. The highest BCUT2D eigenvalue weighted by Crippen LogP contribution is 2.35. The monoisotopic (exact) mass is 372 g/mol. The molecule has 1 aromatic carbocycles. The molecule has 3 rings (SSSR count).